The highest BCUT2D eigenvalue weighted by molar-refractivity contribution is 7.99. The summed E-state index contributed by atoms with van der Waals surface area (Å²) in [4.78, 5) is 29.0. The lowest BCUT2D eigenvalue weighted by molar-refractivity contribution is -0.113. The fourth-order valence-corrected chi connectivity index (χ4v) is 3.06. The van der Waals surface area contributed by atoms with Crippen LogP contribution in [0.15, 0.2) is 53.7 Å². The number of nitrogens with one attached hydrogen (secondary N) is 3. The van der Waals surface area contributed by atoms with Crippen molar-refractivity contribution in [3.8, 4) is 0 Å². The normalized spacial score (nSPS) is 10.4. The van der Waals surface area contributed by atoms with Gasteiger partial charge in [-0.15, -0.1) is 5.10 Å². The zero-order chi connectivity index (χ0) is 19.2. The maximum atomic E-state index is 12.6. The van der Waals surface area contributed by atoms with Gasteiger partial charge >= 0.3 is 0 Å². The van der Waals surface area contributed by atoms with Gasteiger partial charge in [0.05, 0.1) is 17.0 Å². The van der Waals surface area contributed by atoms with Gasteiger partial charge < -0.3 is 10.6 Å². The summed E-state index contributed by atoms with van der Waals surface area (Å²) in [5, 5.41) is 12.8. The number of hydrogen-bond donors (Lipinski definition) is 3. The molecule has 8 heteroatoms. The molecule has 0 radical (unpaired) electrons. The summed E-state index contributed by atoms with van der Waals surface area (Å²) < 4.78 is 0. The summed E-state index contributed by atoms with van der Waals surface area (Å²) >= 11 is 1.22. The van der Waals surface area contributed by atoms with Gasteiger partial charge in [-0.3, -0.25) is 14.7 Å². The minimum absolute atomic E-state index is 0.144. The number of amides is 2. The molecule has 0 aliphatic heterocycles. The Labute approximate surface area is 161 Å². The Kier molecular flexibility index (Phi) is 5.87. The Morgan fingerprint density at radius 1 is 1.07 bits per heavy atom. The fourth-order valence-electron chi connectivity index (χ4n) is 2.41. The van der Waals surface area contributed by atoms with Crippen LogP contribution in [0.4, 0.5) is 11.4 Å². The lowest BCUT2D eigenvalue weighted by Crippen LogP contribution is -2.19. The van der Waals surface area contributed by atoms with Crippen LogP contribution in [0.3, 0.4) is 0 Å². The number of para-hydroxylation sites is 1. The first-order valence-corrected chi connectivity index (χ1v) is 9.28. The topological polar surface area (TPSA) is 99.8 Å². The van der Waals surface area contributed by atoms with Crippen molar-refractivity contribution in [2.75, 3.05) is 16.4 Å². The van der Waals surface area contributed by atoms with Gasteiger partial charge in [0.2, 0.25) is 11.1 Å². The van der Waals surface area contributed by atoms with E-state index in [1.54, 1.807) is 31.2 Å². The van der Waals surface area contributed by atoms with E-state index in [0.29, 0.717) is 27.9 Å². The third-order valence-corrected chi connectivity index (χ3v) is 4.48. The van der Waals surface area contributed by atoms with Crippen LogP contribution in [0.1, 0.15) is 21.7 Å². The number of rotatable bonds is 6. The molecule has 0 saturated heterocycles. The van der Waals surface area contributed by atoms with Gasteiger partial charge in [-0.25, -0.2) is 4.98 Å². The van der Waals surface area contributed by atoms with Gasteiger partial charge in [-0.1, -0.05) is 36.0 Å². The first-order chi connectivity index (χ1) is 13.0. The zero-order valence-electron chi connectivity index (χ0n) is 14.9. The van der Waals surface area contributed by atoms with Gasteiger partial charge in [0.25, 0.3) is 5.91 Å². The Balaban J connectivity index is 1.66. The molecule has 0 aliphatic carbocycles. The number of aromatic amines is 1. The summed E-state index contributed by atoms with van der Waals surface area (Å²) in [5.74, 6) is 0.313. The molecule has 0 saturated carbocycles. The summed E-state index contributed by atoms with van der Waals surface area (Å²) in [5.41, 5.74) is 2.61. The molecule has 1 heterocycles. The molecule has 2 amide bonds. The lowest BCUT2D eigenvalue weighted by atomic mass is 10.1. The molecule has 138 valence electrons. The summed E-state index contributed by atoms with van der Waals surface area (Å²) in [6.45, 7) is 3.75. The third kappa shape index (κ3) is 5.18. The maximum Gasteiger partial charge on any atom is 0.257 e. The molecule has 2 aromatic carbocycles. The molecule has 3 N–H and O–H groups in total. The Morgan fingerprint density at radius 2 is 1.89 bits per heavy atom. The quantitative estimate of drug-likeness (QED) is 0.568. The van der Waals surface area contributed by atoms with Crippen molar-refractivity contribution in [1.29, 1.82) is 0 Å². The van der Waals surface area contributed by atoms with E-state index in [2.05, 4.69) is 25.8 Å². The molecular weight excluding hydrogens is 362 g/mol. The smallest absolute Gasteiger partial charge is 0.257 e. The highest BCUT2D eigenvalue weighted by Gasteiger charge is 2.14. The molecular formula is C19H19N5O2S. The van der Waals surface area contributed by atoms with E-state index >= 15 is 0 Å². The molecule has 0 atom stereocenters. The summed E-state index contributed by atoms with van der Waals surface area (Å²) in [6.07, 6.45) is 0. The standard InChI is InChI=1S/C19H19N5O2S/c1-12-6-5-7-14(10-12)21-18(26)15-8-3-4-9-16(15)22-17(25)11-27-19-20-13(2)23-24-19/h3-10H,11H2,1-2H3,(H,21,26)(H,22,25)(H,20,23,24). The van der Waals surface area contributed by atoms with E-state index in [9.17, 15) is 9.59 Å². The molecule has 0 aliphatic rings. The van der Waals surface area contributed by atoms with Crippen LogP contribution in [-0.4, -0.2) is 32.7 Å². The van der Waals surface area contributed by atoms with Crippen molar-refractivity contribution in [1.82, 2.24) is 15.2 Å². The van der Waals surface area contributed by atoms with E-state index in [1.807, 2.05) is 31.2 Å². The second-order valence-corrected chi connectivity index (χ2v) is 6.85. The number of hydrogen-bond acceptors (Lipinski definition) is 5. The van der Waals surface area contributed by atoms with E-state index < -0.39 is 0 Å². The highest BCUT2D eigenvalue weighted by atomic mass is 32.2. The molecule has 0 unspecified atom stereocenters. The van der Waals surface area contributed by atoms with Crippen molar-refractivity contribution < 1.29 is 9.59 Å². The molecule has 0 fully saturated rings. The Hall–Kier alpha value is -3.13. The Morgan fingerprint density at radius 3 is 2.63 bits per heavy atom. The number of benzene rings is 2. The van der Waals surface area contributed by atoms with Crippen LogP contribution in [-0.2, 0) is 4.79 Å². The summed E-state index contributed by atoms with van der Waals surface area (Å²) in [7, 11) is 0. The van der Waals surface area contributed by atoms with Crippen molar-refractivity contribution >= 4 is 35.0 Å². The van der Waals surface area contributed by atoms with Crippen LogP contribution in [0, 0.1) is 13.8 Å². The predicted molar refractivity (Wildman–Crippen MR) is 106 cm³/mol. The number of H-pyrrole nitrogens is 1. The number of thioether (sulfide) groups is 1. The first kappa shape index (κ1) is 18.7. The van der Waals surface area contributed by atoms with E-state index in [1.165, 1.54) is 11.8 Å². The number of aryl methyl sites for hydroxylation is 2. The highest BCUT2D eigenvalue weighted by Crippen LogP contribution is 2.19. The fraction of sp³-hybridized carbons (Fsp3) is 0.158. The molecule has 27 heavy (non-hydrogen) atoms. The SMILES string of the molecule is Cc1cccc(NC(=O)c2ccccc2NC(=O)CSc2n[nH]c(C)n2)c1. The van der Waals surface area contributed by atoms with E-state index in [0.717, 1.165) is 5.56 Å². The third-order valence-electron chi connectivity index (χ3n) is 3.63. The van der Waals surface area contributed by atoms with Crippen LogP contribution in [0.5, 0.6) is 0 Å². The second kappa shape index (κ2) is 8.50. The van der Waals surface area contributed by atoms with Crippen molar-refractivity contribution in [2.45, 2.75) is 19.0 Å². The van der Waals surface area contributed by atoms with Gasteiger partial charge in [0.1, 0.15) is 5.82 Å². The predicted octanol–water partition coefficient (Wildman–Crippen LogP) is 3.40. The average molecular weight is 381 g/mol. The number of nitrogens with zero attached hydrogens (tertiary/aromatic N) is 2. The van der Waals surface area contributed by atoms with Gasteiger partial charge in [0, 0.05) is 5.69 Å². The van der Waals surface area contributed by atoms with Crippen LogP contribution >= 0.6 is 11.8 Å². The average Bonchev–Trinajstić information content (AvgIpc) is 3.06. The molecule has 7 nitrogen and oxygen atoms in total. The Bertz CT molecular complexity index is 970. The minimum atomic E-state index is -0.284. The van der Waals surface area contributed by atoms with E-state index in [-0.39, 0.29) is 17.6 Å². The van der Waals surface area contributed by atoms with Crippen LogP contribution in [0.2, 0.25) is 0 Å². The molecule has 0 spiro atoms. The number of anilines is 2. The number of carbonyl (C=O) groups is 2. The van der Waals surface area contributed by atoms with Crippen molar-refractivity contribution in [2.24, 2.45) is 0 Å². The second-order valence-electron chi connectivity index (χ2n) is 5.91. The minimum Gasteiger partial charge on any atom is -0.325 e. The molecule has 3 aromatic rings. The number of aromatic nitrogens is 3. The van der Waals surface area contributed by atoms with Crippen molar-refractivity contribution in [3.05, 3.63) is 65.5 Å². The van der Waals surface area contributed by atoms with Crippen LogP contribution < -0.4 is 10.6 Å². The molecule has 1 aromatic heterocycles. The molecule has 0 bridgehead atoms. The van der Waals surface area contributed by atoms with E-state index in [4.69, 9.17) is 0 Å². The lowest BCUT2D eigenvalue weighted by Gasteiger charge is -2.11. The maximum absolute atomic E-state index is 12.6. The largest absolute Gasteiger partial charge is 0.325 e. The van der Waals surface area contributed by atoms with Gasteiger partial charge in [-0.05, 0) is 43.7 Å². The first-order valence-electron chi connectivity index (χ1n) is 8.30. The number of carbonyl (C=O) groups excluding carboxylic acids is 2. The van der Waals surface area contributed by atoms with Crippen LogP contribution in [0.25, 0.3) is 0 Å². The van der Waals surface area contributed by atoms with Crippen molar-refractivity contribution in [3.63, 3.8) is 0 Å². The summed E-state index contributed by atoms with van der Waals surface area (Å²) in [6, 6.07) is 14.4. The zero-order valence-corrected chi connectivity index (χ0v) is 15.8. The van der Waals surface area contributed by atoms with Gasteiger partial charge in [-0.2, -0.15) is 0 Å². The molecule has 3 rings (SSSR count). The van der Waals surface area contributed by atoms with Gasteiger partial charge in [0.15, 0.2) is 0 Å². The monoisotopic (exact) mass is 381 g/mol.